The maximum absolute atomic E-state index is 10.9. The van der Waals surface area contributed by atoms with E-state index in [2.05, 4.69) is 10.6 Å². The molecule has 0 aliphatic carbocycles. The van der Waals surface area contributed by atoms with Crippen molar-refractivity contribution in [2.24, 2.45) is 0 Å². The van der Waals surface area contributed by atoms with Gasteiger partial charge in [-0.05, 0) is 13.3 Å². The SMILES string of the molecule is CC/C=C/NC(=O)NC(C)C(=O)O. The second-order valence-electron chi connectivity index (χ2n) is 2.49. The third kappa shape index (κ3) is 5.72. The lowest BCUT2D eigenvalue weighted by atomic mass is 10.3. The quantitative estimate of drug-likeness (QED) is 0.604. The van der Waals surface area contributed by atoms with Crippen LogP contribution in [0.5, 0.6) is 0 Å². The molecule has 0 fully saturated rings. The van der Waals surface area contributed by atoms with E-state index in [1.807, 2.05) is 6.92 Å². The van der Waals surface area contributed by atoms with E-state index in [0.717, 1.165) is 6.42 Å². The lowest BCUT2D eigenvalue weighted by Gasteiger charge is -2.07. The van der Waals surface area contributed by atoms with Gasteiger partial charge in [-0.2, -0.15) is 0 Å². The van der Waals surface area contributed by atoms with Crippen molar-refractivity contribution in [1.29, 1.82) is 0 Å². The molecule has 5 nitrogen and oxygen atoms in total. The van der Waals surface area contributed by atoms with E-state index in [9.17, 15) is 9.59 Å². The van der Waals surface area contributed by atoms with Gasteiger partial charge in [0, 0.05) is 6.20 Å². The number of carboxylic acids is 1. The molecule has 0 aromatic carbocycles. The second-order valence-corrected chi connectivity index (χ2v) is 2.49. The Hall–Kier alpha value is -1.52. The number of carboxylic acid groups (broad SMARTS) is 1. The van der Waals surface area contributed by atoms with Gasteiger partial charge < -0.3 is 15.7 Å². The zero-order valence-electron chi connectivity index (χ0n) is 7.70. The number of carbonyl (C=O) groups excluding carboxylic acids is 1. The van der Waals surface area contributed by atoms with Crippen LogP contribution >= 0.6 is 0 Å². The molecule has 0 saturated carbocycles. The molecule has 5 heteroatoms. The summed E-state index contributed by atoms with van der Waals surface area (Å²) in [6.07, 6.45) is 4.05. The zero-order chi connectivity index (χ0) is 10.3. The Morgan fingerprint density at radius 2 is 2.15 bits per heavy atom. The van der Waals surface area contributed by atoms with Crippen LogP contribution in [0.15, 0.2) is 12.3 Å². The van der Waals surface area contributed by atoms with Crippen LogP contribution < -0.4 is 10.6 Å². The Labute approximate surface area is 76.8 Å². The van der Waals surface area contributed by atoms with Gasteiger partial charge in [-0.15, -0.1) is 0 Å². The highest BCUT2D eigenvalue weighted by Gasteiger charge is 2.12. The summed E-state index contributed by atoms with van der Waals surface area (Å²) in [6.45, 7) is 3.32. The molecule has 0 bridgehead atoms. The van der Waals surface area contributed by atoms with Crippen molar-refractivity contribution in [2.45, 2.75) is 26.3 Å². The second kappa shape index (κ2) is 6.05. The van der Waals surface area contributed by atoms with Crippen LogP contribution in [0, 0.1) is 0 Å². The van der Waals surface area contributed by atoms with Crippen LogP contribution in [0.25, 0.3) is 0 Å². The van der Waals surface area contributed by atoms with E-state index >= 15 is 0 Å². The van der Waals surface area contributed by atoms with Gasteiger partial charge in [-0.1, -0.05) is 13.0 Å². The Balaban J connectivity index is 3.74. The van der Waals surface area contributed by atoms with Crippen molar-refractivity contribution < 1.29 is 14.7 Å². The highest BCUT2D eigenvalue weighted by Crippen LogP contribution is 1.81. The predicted octanol–water partition coefficient (Wildman–Crippen LogP) is 0.682. The van der Waals surface area contributed by atoms with E-state index in [1.54, 1.807) is 6.08 Å². The van der Waals surface area contributed by atoms with E-state index in [-0.39, 0.29) is 0 Å². The smallest absolute Gasteiger partial charge is 0.325 e. The Morgan fingerprint density at radius 1 is 1.54 bits per heavy atom. The molecule has 13 heavy (non-hydrogen) atoms. The van der Waals surface area contributed by atoms with E-state index in [0.29, 0.717) is 0 Å². The summed E-state index contributed by atoms with van der Waals surface area (Å²) in [5.74, 6) is -1.06. The first-order valence-electron chi connectivity index (χ1n) is 4.02. The van der Waals surface area contributed by atoms with Crippen LogP contribution in [0.4, 0.5) is 4.79 Å². The Bertz CT molecular complexity index is 213. The lowest BCUT2D eigenvalue weighted by Crippen LogP contribution is -2.42. The summed E-state index contributed by atoms with van der Waals surface area (Å²) in [7, 11) is 0. The zero-order valence-corrected chi connectivity index (χ0v) is 7.70. The maximum Gasteiger partial charge on any atom is 0.325 e. The van der Waals surface area contributed by atoms with Crippen molar-refractivity contribution in [1.82, 2.24) is 10.6 Å². The fraction of sp³-hybridized carbons (Fsp3) is 0.500. The minimum atomic E-state index is -1.06. The molecule has 0 aliphatic rings. The van der Waals surface area contributed by atoms with Gasteiger partial charge in [0.25, 0.3) is 0 Å². The summed E-state index contributed by atoms with van der Waals surface area (Å²) in [6, 6.07) is -1.39. The minimum absolute atomic E-state index is 0.514. The molecule has 0 rings (SSSR count). The molecule has 0 spiro atoms. The van der Waals surface area contributed by atoms with E-state index in [4.69, 9.17) is 5.11 Å². The molecule has 1 atom stereocenters. The summed E-state index contributed by atoms with van der Waals surface area (Å²) >= 11 is 0. The van der Waals surface area contributed by atoms with Gasteiger partial charge in [0.05, 0.1) is 0 Å². The summed E-state index contributed by atoms with van der Waals surface area (Å²) in [4.78, 5) is 21.2. The number of allylic oxidation sites excluding steroid dienone is 1. The van der Waals surface area contributed by atoms with Gasteiger partial charge in [0.2, 0.25) is 0 Å². The fourth-order valence-electron chi connectivity index (χ4n) is 0.553. The molecule has 74 valence electrons. The molecule has 2 amide bonds. The third-order valence-electron chi connectivity index (χ3n) is 1.29. The number of aliphatic carboxylic acids is 1. The Kier molecular flexibility index (Phi) is 5.34. The standard InChI is InChI=1S/C8H14N2O3/c1-3-4-5-9-8(13)10-6(2)7(11)12/h4-6H,3H2,1-2H3,(H,11,12)(H2,9,10,13)/b5-4+. The normalized spacial score (nSPS) is 12.5. The number of rotatable bonds is 4. The number of urea groups is 1. The van der Waals surface area contributed by atoms with Gasteiger partial charge in [0.15, 0.2) is 0 Å². The predicted molar refractivity (Wildman–Crippen MR) is 48.2 cm³/mol. The molecule has 0 heterocycles. The molecule has 0 radical (unpaired) electrons. The summed E-state index contributed by atoms with van der Waals surface area (Å²) in [5, 5.41) is 13.1. The maximum atomic E-state index is 10.9. The number of hydrogen-bond donors (Lipinski definition) is 3. The van der Waals surface area contributed by atoms with E-state index < -0.39 is 18.0 Å². The molecular weight excluding hydrogens is 172 g/mol. The van der Waals surface area contributed by atoms with Crippen LogP contribution in [0.2, 0.25) is 0 Å². The van der Waals surface area contributed by atoms with Crippen LogP contribution in [0.3, 0.4) is 0 Å². The minimum Gasteiger partial charge on any atom is -0.480 e. The number of carbonyl (C=O) groups is 2. The molecule has 0 aliphatic heterocycles. The van der Waals surface area contributed by atoms with Crippen molar-refractivity contribution >= 4 is 12.0 Å². The molecule has 1 unspecified atom stereocenters. The van der Waals surface area contributed by atoms with Crippen LogP contribution in [0.1, 0.15) is 20.3 Å². The number of hydrogen-bond acceptors (Lipinski definition) is 2. The first-order valence-corrected chi connectivity index (χ1v) is 4.02. The van der Waals surface area contributed by atoms with Crippen molar-refractivity contribution in [3.63, 3.8) is 0 Å². The average Bonchev–Trinajstić information content (AvgIpc) is 2.04. The summed E-state index contributed by atoms with van der Waals surface area (Å²) in [5.41, 5.74) is 0. The lowest BCUT2D eigenvalue weighted by molar-refractivity contribution is -0.138. The number of nitrogens with one attached hydrogen (secondary N) is 2. The van der Waals surface area contributed by atoms with E-state index in [1.165, 1.54) is 13.1 Å². The van der Waals surface area contributed by atoms with Gasteiger partial charge in [-0.3, -0.25) is 4.79 Å². The van der Waals surface area contributed by atoms with Gasteiger partial charge in [0.1, 0.15) is 6.04 Å². The largest absolute Gasteiger partial charge is 0.480 e. The molecule has 0 aromatic rings. The van der Waals surface area contributed by atoms with Crippen molar-refractivity contribution in [3.8, 4) is 0 Å². The van der Waals surface area contributed by atoms with Gasteiger partial charge in [-0.25, -0.2) is 4.79 Å². The van der Waals surface area contributed by atoms with Crippen LogP contribution in [-0.2, 0) is 4.79 Å². The topological polar surface area (TPSA) is 78.4 Å². The highest BCUT2D eigenvalue weighted by atomic mass is 16.4. The molecule has 0 aromatic heterocycles. The third-order valence-corrected chi connectivity index (χ3v) is 1.29. The Morgan fingerprint density at radius 3 is 2.62 bits per heavy atom. The summed E-state index contributed by atoms with van der Waals surface area (Å²) < 4.78 is 0. The molecular formula is C8H14N2O3. The first-order chi connectivity index (χ1) is 6.07. The van der Waals surface area contributed by atoms with Crippen molar-refractivity contribution in [3.05, 3.63) is 12.3 Å². The monoisotopic (exact) mass is 186 g/mol. The fourth-order valence-corrected chi connectivity index (χ4v) is 0.553. The van der Waals surface area contributed by atoms with Crippen molar-refractivity contribution in [2.75, 3.05) is 0 Å². The molecule has 0 saturated heterocycles. The molecule has 3 N–H and O–H groups in total. The highest BCUT2D eigenvalue weighted by molar-refractivity contribution is 5.82. The van der Waals surface area contributed by atoms with Gasteiger partial charge >= 0.3 is 12.0 Å². The average molecular weight is 186 g/mol. The van der Waals surface area contributed by atoms with Crippen LogP contribution in [-0.4, -0.2) is 23.1 Å². The first kappa shape index (κ1) is 11.5. The number of amides is 2.